The molecule has 2 fully saturated rings. The van der Waals surface area contributed by atoms with Crippen LogP contribution >= 0.6 is 0 Å². The smallest absolute Gasteiger partial charge is 0.316 e. The third kappa shape index (κ3) is 9.13. The molecule has 0 saturated carbocycles. The highest BCUT2D eigenvalue weighted by Gasteiger charge is 2.46. The summed E-state index contributed by atoms with van der Waals surface area (Å²) in [5.41, 5.74) is -0.743. The van der Waals surface area contributed by atoms with E-state index in [0.717, 1.165) is 13.0 Å². The van der Waals surface area contributed by atoms with E-state index in [1.807, 2.05) is 46.6 Å². The van der Waals surface area contributed by atoms with Crippen LogP contribution in [0.4, 0.5) is 22.0 Å². The fourth-order valence-electron chi connectivity index (χ4n) is 7.57. The van der Waals surface area contributed by atoms with Gasteiger partial charge in [-0.2, -0.15) is 8.78 Å². The van der Waals surface area contributed by atoms with E-state index in [-0.39, 0.29) is 42.5 Å². The van der Waals surface area contributed by atoms with Gasteiger partial charge in [-0.3, -0.25) is 24.1 Å². The van der Waals surface area contributed by atoms with E-state index in [1.54, 1.807) is 11.9 Å². The number of carbonyl (C=O) groups excluding carboxylic acids is 4. The van der Waals surface area contributed by atoms with Crippen molar-refractivity contribution in [1.82, 2.24) is 20.0 Å². The molecule has 2 saturated heterocycles. The van der Waals surface area contributed by atoms with Crippen LogP contribution in [0.25, 0.3) is 0 Å². The van der Waals surface area contributed by atoms with Gasteiger partial charge in [-0.15, -0.1) is 0 Å². The number of nitrogens with one attached hydrogen (secondary N) is 1. The van der Waals surface area contributed by atoms with Crippen LogP contribution < -0.4 is 10.1 Å². The average molecular weight is 763 g/mol. The normalized spacial score (nSPS) is 22.6. The van der Waals surface area contributed by atoms with Crippen molar-refractivity contribution in [3.8, 4) is 5.75 Å². The van der Waals surface area contributed by atoms with Crippen molar-refractivity contribution in [2.45, 2.75) is 116 Å². The average Bonchev–Trinajstić information content (AvgIpc) is 3.76. The lowest BCUT2D eigenvalue weighted by Crippen LogP contribution is -2.61. The lowest BCUT2D eigenvalue weighted by molar-refractivity contribution is -0.151. The van der Waals surface area contributed by atoms with E-state index in [1.165, 1.54) is 26.0 Å². The zero-order chi connectivity index (χ0) is 40.1. The van der Waals surface area contributed by atoms with Gasteiger partial charge in [0.25, 0.3) is 0 Å². The van der Waals surface area contributed by atoms with Crippen molar-refractivity contribution in [2.75, 3.05) is 41.4 Å². The number of amides is 3. The van der Waals surface area contributed by atoms with Gasteiger partial charge in [0.1, 0.15) is 6.04 Å². The Morgan fingerprint density at radius 2 is 1.51 bits per heavy atom. The summed E-state index contributed by atoms with van der Waals surface area (Å²) in [6.07, 6.45) is 1.03. The first-order valence-electron chi connectivity index (χ1n) is 18.2. The van der Waals surface area contributed by atoms with Crippen molar-refractivity contribution < 1.29 is 55.3 Å². The number of likely N-dealkylation sites (N-methyl/N-ethyl adjacent to an activating group) is 2. The largest absolute Gasteiger partial charge is 0.420 e. The first-order valence-corrected chi connectivity index (χ1v) is 18.2. The maximum atomic E-state index is 14.3. The van der Waals surface area contributed by atoms with E-state index in [2.05, 4.69) is 10.1 Å². The van der Waals surface area contributed by atoms with Gasteiger partial charge in [0.05, 0.1) is 42.2 Å². The number of hydrogen-bond acceptors (Lipinski definition) is 8. The Kier molecular flexibility index (Phi) is 15.2. The quantitative estimate of drug-likeness (QED) is 0.0838. The number of nitrogens with zero attached hydrogens (tertiary/aromatic N) is 3. The molecule has 0 aromatic heterocycles. The molecule has 2 aliphatic heterocycles. The molecule has 8 atom stereocenters. The molecular formula is C37H55F5N4O7. The van der Waals surface area contributed by atoms with Gasteiger partial charge in [0.2, 0.25) is 52.6 Å². The summed E-state index contributed by atoms with van der Waals surface area (Å²) in [5, 5.41) is 3.00. The zero-order valence-electron chi connectivity index (χ0n) is 32.4. The Balaban J connectivity index is 1.81. The van der Waals surface area contributed by atoms with Crippen LogP contribution in [0.15, 0.2) is 0 Å². The summed E-state index contributed by atoms with van der Waals surface area (Å²) in [7, 11) is 6.23. The summed E-state index contributed by atoms with van der Waals surface area (Å²) in [5.74, 6) is -17.2. The molecule has 300 valence electrons. The lowest BCUT2D eigenvalue weighted by atomic mass is 9.89. The molecule has 53 heavy (non-hydrogen) atoms. The Labute approximate surface area is 308 Å². The molecule has 0 spiro atoms. The minimum atomic E-state index is -2.39. The highest BCUT2D eigenvalue weighted by atomic mass is 19.2. The maximum absolute atomic E-state index is 14.3. The predicted octanol–water partition coefficient (Wildman–Crippen LogP) is 4.83. The number of rotatable bonds is 16. The molecule has 11 nitrogen and oxygen atoms in total. The first kappa shape index (κ1) is 44.0. The SMILES string of the molecule is CC[C@H](C)[C@@H]([C@@H](CC(=O)N1CCC[C@H]1[C@H](OC)[C@@H](C)C(=O)Oc1c(F)c(F)c(F)c(F)c1F)OC)N(C)C(=O)[C@@H](NC(=O)[C@]1(C)CCCN1C)C(C)C. The summed E-state index contributed by atoms with van der Waals surface area (Å²) in [4.78, 5) is 59.8. The van der Waals surface area contributed by atoms with Crippen molar-refractivity contribution >= 4 is 23.7 Å². The third-order valence-electron chi connectivity index (χ3n) is 11.3. The monoisotopic (exact) mass is 762 g/mol. The van der Waals surface area contributed by atoms with Gasteiger partial charge < -0.3 is 29.3 Å². The van der Waals surface area contributed by atoms with Crippen molar-refractivity contribution in [3.05, 3.63) is 29.1 Å². The molecule has 1 N–H and O–H groups in total. The molecule has 0 radical (unpaired) electrons. The number of likely N-dealkylation sites (tertiary alicyclic amines) is 2. The van der Waals surface area contributed by atoms with Crippen LogP contribution in [0.3, 0.4) is 0 Å². The number of ether oxygens (including phenoxy) is 3. The Hall–Kier alpha value is -3.37. The van der Waals surface area contributed by atoms with E-state index in [9.17, 15) is 41.1 Å². The van der Waals surface area contributed by atoms with Gasteiger partial charge in [0, 0.05) is 27.8 Å². The zero-order valence-corrected chi connectivity index (χ0v) is 32.4. The summed E-state index contributed by atoms with van der Waals surface area (Å²) < 4.78 is 85.8. The van der Waals surface area contributed by atoms with Crippen molar-refractivity contribution in [3.63, 3.8) is 0 Å². The summed E-state index contributed by atoms with van der Waals surface area (Å²) in [6.45, 7) is 11.8. The Morgan fingerprint density at radius 1 is 0.925 bits per heavy atom. The Morgan fingerprint density at radius 3 is 2.00 bits per heavy atom. The van der Waals surface area contributed by atoms with Gasteiger partial charge >= 0.3 is 5.97 Å². The van der Waals surface area contributed by atoms with Crippen LogP contribution in [-0.2, 0) is 28.7 Å². The molecule has 3 rings (SSSR count). The molecule has 0 bridgehead atoms. The molecule has 3 amide bonds. The second-order valence-electron chi connectivity index (χ2n) is 14.9. The second-order valence-corrected chi connectivity index (χ2v) is 14.9. The molecular weight excluding hydrogens is 707 g/mol. The van der Waals surface area contributed by atoms with Gasteiger partial charge in [0.15, 0.2) is 0 Å². The molecule has 2 aliphatic rings. The molecule has 0 unspecified atom stereocenters. The standard InChI is InChI=1S/C37H55F5N4O7/c1-11-20(4)31(45(8)34(48)30(19(2)3)43-36(50)37(6)15-13-16-44(37)7)23(51-9)18-24(47)46-17-12-14-22(46)32(52-10)21(5)35(49)53-33-28(41)26(39)25(38)27(40)29(33)42/h19-23,30-32H,11-18H2,1-10H3,(H,43,50)/t20-,21+,22-,23+,30-,31-,32+,37-/m0/s1. The van der Waals surface area contributed by atoms with Crippen LogP contribution in [0.2, 0.25) is 0 Å². The lowest BCUT2D eigenvalue weighted by Gasteiger charge is -2.41. The van der Waals surface area contributed by atoms with Crippen LogP contribution in [0.5, 0.6) is 5.75 Å². The number of halogens is 5. The van der Waals surface area contributed by atoms with Crippen LogP contribution in [0.1, 0.15) is 80.1 Å². The van der Waals surface area contributed by atoms with E-state index >= 15 is 0 Å². The maximum Gasteiger partial charge on any atom is 0.316 e. The molecule has 1 aromatic rings. The Bertz CT molecular complexity index is 1470. The van der Waals surface area contributed by atoms with E-state index in [4.69, 9.17) is 9.47 Å². The number of methoxy groups -OCH3 is 2. The molecule has 16 heteroatoms. The fraction of sp³-hybridized carbons (Fsp3) is 0.730. The number of hydrogen-bond donors (Lipinski definition) is 1. The molecule has 2 heterocycles. The second kappa shape index (κ2) is 18.3. The highest BCUT2D eigenvalue weighted by molar-refractivity contribution is 5.92. The predicted molar refractivity (Wildman–Crippen MR) is 185 cm³/mol. The van der Waals surface area contributed by atoms with E-state index in [0.29, 0.717) is 25.7 Å². The summed E-state index contributed by atoms with van der Waals surface area (Å²) >= 11 is 0. The van der Waals surface area contributed by atoms with Crippen LogP contribution in [0, 0.1) is 46.8 Å². The number of carbonyl (C=O) groups is 4. The fourth-order valence-corrected chi connectivity index (χ4v) is 7.57. The van der Waals surface area contributed by atoms with Crippen molar-refractivity contribution in [2.24, 2.45) is 17.8 Å². The van der Waals surface area contributed by atoms with Crippen LogP contribution in [-0.4, -0.2) is 116 Å². The highest BCUT2D eigenvalue weighted by Crippen LogP contribution is 2.33. The number of esters is 1. The minimum Gasteiger partial charge on any atom is -0.420 e. The van der Waals surface area contributed by atoms with Gasteiger partial charge in [-0.1, -0.05) is 34.1 Å². The van der Waals surface area contributed by atoms with Gasteiger partial charge in [-0.25, -0.2) is 13.2 Å². The first-order chi connectivity index (χ1) is 24.8. The third-order valence-corrected chi connectivity index (χ3v) is 11.3. The topological polar surface area (TPSA) is 118 Å². The summed E-state index contributed by atoms with van der Waals surface area (Å²) in [6, 6.07) is -2.14. The van der Waals surface area contributed by atoms with Crippen molar-refractivity contribution in [1.29, 1.82) is 0 Å². The molecule has 0 aliphatic carbocycles. The van der Waals surface area contributed by atoms with Gasteiger partial charge in [-0.05, 0) is 65.0 Å². The van der Waals surface area contributed by atoms with E-state index < -0.39 is 82.6 Å². The number of benzene rings is 1. The molecule has 1 aromatic carbocycles. The minimum absolute atomic E-state index is 0.137.